The second-order valence-corrected chi connectivity index (χ2v) is 4.34. The van der Waals surface area contributed by atoms with E-state index in [1.807, 2.05) is 25.0 Å². The van der Waals surface area contributed by atoms with Crippen LogP contribution in [0.25, 0.3) is 0 Å². The van der Waals surface area contributed by atoms with Crippen molar-refractivity contribution >= 4 is 12.1 Å². The number of unbranched alkanes of at least 4 members (excludes halogenated alkanes) is 5. The molecule has 0 heterocycles. The van der Waals surface area contributed by atoms with Crippen molar-refractivity contribution in [2.45, 2.75) is 58.8 Å². The summed E-state index contributed by atoms with van der Waals surface area (Å²) in [6.07, 6.45) is 9.21. The third-order valence-corrected chi connectivity index (χ3v) is 3.02. The number of hydrogen-bond acceptors (Lipinski definition) is 3. The normalized spacial score (nSPS) is 10.8. The molecule has 0 bridgehead atoms. The maximum atomic E-state index is 11.7. The van der Waals surface area contributed by atoms with Gasteiger partial charge in [-0.15, -0.1) is 0 Å². The van der Waals surface area contributed by atoms with Crippen LogP contribution in [-0.2, 0) is 9.63 Å². The summed E-state index contributed by atoms with van der Waals surface area (Å²) < 4.78 is 0. The van der Waals surface area contributed by atoms with Crippen LogP contribution in [0, 0.1) is 0 Å². The SMILES string of the molecule is CCN(CC)C(=O)CCCCCCC/C=N/OC. The van der Waals surface area contributed by atoms with E-state index in [9.17, 15) is 4.79 Å². The molecule has 0 atom stereocenters. The van der Waals surface area contributed by atoms with E-state index in [4.69, 9.17) is 0 Å². The minimum atomic E-state index is 0.298. The first-order valence-corrected chi connectivity index (χ1v) is 7.09. The lowest BCUT2D eigenvalue weighted by Crippen LogP contribution is -2.30. The van der Waals surface area contributed by atoms with Gasteiger partial charge in [0.25, 0.3) is 0 Å². The number of carbonyl (C=O) groups is 1. The van der Waals surface area contributed by atoms with E-state index < -0.39 is 0 Å². The zero-order valence-corrected chi connectivity index (χ0v) is 12.2. The van der Waals surface area contributed by atoms with E-state index in [2.05, 4.69) is 9.99 Å². The van der Waals surface area contributed by atoms with Crippen molar-refractivity contribution in [1.82, 2.24) is 4.90 Å². The van der Waals surface area contributed by atoms with Crippen molar-refractivity contribution in [3.8, 4) is 0 Å². The molecule has 0 radical (unpaired) electrons. The molecule has 0 N–H and O–H groups in total. The highest BCUT2D eigenvalue weighted by atomic mass is 16.6. The number of oxime groups is 1. The zero-order chi connectivity index (χ0) is 13.6. The van der Waals surface area contributed by atoms with Crippen molar-refractivity contribution in [3.63, 3.8) is 0 Å². The summed E-state index contributed by atoms with van der Waals surface area (Å²) in [4.78, 5) is 18.2. The van der Waals surface area contributed by atoms with Crippen LogP contribution in [0.4, 0.5) is 0 Å². The highest BCUT2D eigenvalue weighted by Gasteiger charge is 2.07. The molecule has 4 nitrogen and oxygen atoms in total. The Morgan fingerprint density at radius 3 is 2.33 bits per heavy atom. The fourth-order valence-electron chi connectivity index (χ4n) is 1.90. The standard InChI is InChI=1S/C14H28N2O2/c1-4-16(5-2)14(17)12-10-8-6-7-9-11-13-15-18-3/h13H,4-12H2,1-3H3/b15-13+. The predicted molar refractivity (Wildman–Crippen MR) is 75.7 cm³/mol. The smallest absolute Gasteiger partial charge is 0.222 e. The summed E-state index contributed by atoms with van der Waals surface area (Å²) >= 11 is 0. The Morgan fingerprint density at radius 2 is 1.72 bits per heavy atom. The van der Waals surface area contributed by atoms with Crippen molar-refractivity contribution in [3.05, 3.63) is 0 Å². The molecule has 18 heavy (non-hydrogen) atoms. The molecule has 0 aromatic rings. The molecule has 0 aromatic carbocycles. The van der Waals surface area contributed by atoms with Crippen LogP contribution in [0.3, 0.4) is 0 Å². The van der Waals surface area contributed by atoms with E-state index in [0.29, 0.717) is 12.3 Å². The topological polar surface area (TPSA) is 41.9 Å². The lowest BCUT2D eigenvalue weighted by atomic mass is 10.1. The molecule has 0 fully saturated rings. The summed E-state index contributed by atoms with van der Waals surface area (Å²) in [6.45, 7) is 5.72. The largest absolute Gasteiger partial charge is 0.399 e. The van der Waals surface area contributed by atoms with E-state index in [-0.39, 0.29) is 0 Å². The molecule has 0 aliphatic rings. The van der Waals surface area contributed by atoms with Gasteiger partial charge in [-0.2, -0.15) is 0 Å². The van der Waals surface area contributed by atoms with Gasteiger partial charge in [0, 0.05) is 25.7 Å². The van der Waals surface area contributed by atoms with Gasteiger partial charge in [-0.1, -0.05) is 24.4 Å². The minimum absolute atomic E-state index is 0.298. The van der Waals surface area contributed by atoms with Crippen LogP contribution in [0.15, 0.2) is 5.16 Å². The Kier molecular flexibility index (Phi) is 11.7. The van der Waals surface area contributed by atoms with E-state index in [1.54, 1.807) is 7.11 Å². The van der Waals surface area contributed by atoms with Crippen LogP contribution >= 0.6 is 0 Å². The summed E-state index contributed by atoms with van der Waals surface area (Å²) in [5.74, 6) is 0.298. The van der Waals surface area contributed by atoms with Crippen molar-refractivity contribution in [2.75, 3.05) is 20.2 Å². The lowest BCUT2D eigenvalue weighted by molar-refractivity contribution is -0.130. The van der Waals surface area contributed by atoms with E-state index in [1.165, 1.54) is 12.8 Å². The average Bonchev–Trinajstić information content (AvgIpc) is 2.38. The highest BCUT2D eigenvalue weighted by molar-refractivity contribution is 5.75. The summed E-state index contributed by atoms with van der Waals surface area (Å²) in [7, 11) is 1.56. The first-order chi connectivity index (χ1) is 8.76. The maximum Gasteiger partial charge on any atom is 0.222 e. The molecule has 0 aliphatic carbocycles. The van der Waals surface area contributed by atoms with Crippen LogP contribution < -0.4 is 0 Å². The molecular formula is C14H28N2O2. The second kappa shape index (κ2) is 12.4. The maximum absolute atomic E-state index is 11.7. The first-order valence-electron chi connectivity index (χ1n) is 7.09. The highest BCUT2D eigenvalue weighted by Crippen LogP contribution is 2.08. The number of rotatable bonds is 11. The summed E-state index contributed by atoms with van der Waals surface area (Å²) in [5.41, 5.74) is 0. The molecule has 106 valence electrons. The Morgan fingerprint density at radius 1 is 1.11 bits per heavy atom. The van der Waals surface area contributed by atoms with Crippen LogP contribution in [0.1, 0.15) is 58.8 Å². The van der Waals surface area contributed by atoms with Gasteiger partial charge in [0.05, 0.1) is 0 Å². The fourth-order valence-corrected chi connectivity index (χ4v) is 1.90. The molecular weight excluding hydrogens is 228 g/mol. The van der Waals surface area contributed by atoms with Gasteiger partial charge >= 0.3 is 0 Å². The predicted octanol–water partition coefficient (Wildman–Crippen LogP) is 3.22. The second-order valence-electron chi connectivity index (χ2n) is 4.34. The molecule has 0 unspecified atom stereocenters. The van der Waals surface area contributed by atoms with Gasteiger partial charge in [0.1, 0.15) is 7.11 Å². The van der Waals surface area contributed by atoms with Crippen molar-refractivity contribution < 1.29 is 9.63 Å². The minimum Gasteiger partial charge on any atom is -0.399 e. The van der Waals surface area contributed by atoms with Gasteiger partial charge in [-0.3, -0.25) is 4.79 Å². The summed E-state index contributed by atoms with van der Waals surface area (Å²) in [6, 6.07) is 0. The van der Waals surface area contributed by atoms with Crippen molar-refractivity contribution in [2.24, 2.45) is 5.16 Å². The molecule has 0 saturated heterocycles. The molecule has 1 amide bonds. The van der Waals surface area contributed by atoms with Gasteiger partial charge in [-0.05, 0) is 33.1 Å². The lowest BCUT2D eigenvalue weighted by Gasteiger charge is -2.18. The monoisotopic (exact) mass is 256 g/mol. The Labute approximate surface area is 111 Å². The molecule has 0 aliphatic heterocycles. The quantitative estimate of drug-likeness (QED) is 0.323. The number of nitrogens with zero attached hydrogens (tertiary/aromatic N) is 2. The number of amides is 1. The van der Waals surface area contributed by atoms with Gasteiger partial charge in [0.15, 0.2) is 0 Å². The third kappa shape index (κ3) is 9.02. The Bertz CT molecular complexity index is 226. The van der Waals surface area contributed by atoms with Gasteiger partial charge < -0.3 is 9.74 Å². The van der Waals surface area contributed by atoms with Crippen LogP contribution in [0.2, 0.25) is 0 Å². The zero-order valence-electron chi connectivity index (χ0n) is 12.2. The van der Waals surface area contributed by atoms with Gasteiger partial charge in [-0.25, -0.2) is 0 Å². The van der Waals surface area contributed by atoms with Crippen LogP contribution in [0.5, 0.6) is 0 Å². The third-order valence-electron chi connectivity index (χ3n) is 3.02. The molecule has 0 aromatic heterocycles. The molecule has 0 spiro atoms. The molecule has 0 saturated carbocycles. The first kappa shape index (κ1) is 16.9. The Balaban J connectivity index is 3.34. The summed E-state index contributed by atoms with van der Waals surface area (Å²) in [5, 5.41) is 3.69. The van der Waals surface area contributed by atoms with Crippen LogP contribution in [-0.4, -0.2) is 37.2 Å². The van der Waals surface area contributed by atoms with Gasteiger partial charge in [0.2, 0.25) is 5.91 Å². The molecule has 0 rings (SSSR count). The van der Waals surface area contributed by atoms with E-state index >= 15 is 0 Å². The fraction of sp³-hybridized carbons (Fsp3) is 0.857. The number of carbonyl (C=O) groups excluding carboxylic acids is 1. The Hall–Kier alpha value is -1.06. The van der Waals surface area contributed by atoms with Crippen molar-refractivity contribution in [1.29, 1.82) is 0 Å². The average molecular weight is 256 g/mol. The number of hydrogen-bond donors (Lipinski definition) is 0. The van der Waals surface area contributed by atoms with E-state index in [0.717, 1.165) is 38.8 Å². The molecule has 4 heteroatoms.